The normalized spacial score (nSPS) is 22.3. The fraction of sp³-hybridized carbons (Fsp3) is 0.438. The first-order valence-corrected chi connectivity index (χ1v) is 7.99. The molecule has 106 valence electrons. The average molecular weight is 335 g/mol. The van der Waals surface area contributed by atoms with Crippen LogP contribution in [-0.2, 0) is 0 Å². The smallest absolute Gasteiger partial charge is 0.126 e. The monoisotopic (exact) mass is 334 g/mol. The molecule has 0 aliphatic heterocycles. The molecule has 3 rings (SSSR count). The van der Waals surface area contributed by atoms with Crippen LogP contribution >= 0.6 is 15.9 Å². The van der Waals surface area contributed by atoms with Crippen molar-refractivity contribution in [2.45, 2.75) is 31.7 Å². The quantitative estimate of drug-likeness (QED) is 0.889. The van der Waals surface area contributed by atoms with Gasteiger partial charge in [-0.1, -0.05) is 22.4 Å². The summed E-state index contributed by atoms with van der Waals surface area (Å²) in [6, 6.07) is 10.7. The molecule has 3 nitrogen and oxygen atoms in total. The van der Waals surface area contributed by atoms with E-state index in [1.165, 1.54) is 19.3 Å². The Bertz CT molecular complexity index is 602. The van der Waals surface area contributed by atoms with Gasteiger partial charge in [0.05, 0.1) is 5.52 Å². The molecule has 1 fully saturated rings. The maximum absolute atomic E-state index is 9.13. The Morgan fingerprint density at radius 3 is 3.00 bits per heavy atom. The van der Waals surface area contributed by atoms with Crippen molar-refractivity contribution in [2.24, 2.45) is 5.92 Å². The molecule has 20 heavy (non-hydrogen) atoms. The van der Waals surface area contributed by atoms with E-state index in [1.54, 1.807) is 0 Å². The van der Waals surface area contributed by atoms with Crippen molar-refractivity contribution in [1.29, 1.82) is 0 Å². The van der Waals surface area contributed by atoms with E-state index in [4.69, 9.17) is 5.11 Å². The summed E-state index contributed by atoms with van der Waals surface area (Å²) in [5, 5.41) is 13.8. The molecule has 0 spiro atoms. The number of aliphatic hydroxyl groups is 1. The van der Waals surface area contributed by atoms with Gasteiger partial charge in [-0.25, -0.2) is 4.98 Å². The minimum absolute atomic E-state index is 0.280. The lowest BCUT2D eigenvalue weighted by atomic mass is 10.00. The van der Waals surface area contributed by atoms with E-state index in [9.17, 15) is 0 Å². The Labute approximate surface area is 127 Å². The number of benzene rings is 1. The first-order chi connectivity index (χ1) is 9.76. The van der Waals surface area contributed by atoms with Crippen LogP contribution in [0.5, 0.6) is 0 Å². The third-order valence-corrected chi connectivity index (χ3v) is 4.64. The van der Waals surface area contributed by atoms with Gasteiger partial charge in [-0.15, -0.1) is 0 Å². The third-order valence-electron chi connectivity index (χ3n) is 4.14. The van der Waals surface area contributed by atoms with E-state index in [2.05, 4.69) is 38.4 Å². The Kier molecular flexibility index (Phi) is 4.22. The van der Waals surface area contributed by atoms with Crippen LogP contribution < -0.4 is 5.32 Å². The molecule has 0 radical (unpaired) electrons. The van der Waals surface area contributed by atoms with E-state index in [-0.39, 0.29) is 6.61 Å². The van der Waals surface area contributed by atoms with Crippen LogP contribution in [0.2, 0.25) is 0 Å². The van der Waals surface area contributed by atoms with E-state index in [0.29, 0.717) is 12.0 Å². The van der Waals surface area contributed by atoms with Crippen LogP contribution in [0, 0.1) is 5.92 Å². The zero-order valence-corrected chi connectivity index (χ0v) is 12.9. The summed E-state index contributed by atoms with van der Waals surface area (Å²) in [4.78, 5) is 4.68. The number of nitrogens with zero attached hydrogens (tertiary/aromatic N) is 1. The molecule has 2 unspecified atom stereocenters. The van der Waals surface area contributed by atoms with E-state index < -0.39 is 0 Å². The van der Waals surface area contributed by atoms with Gasteiger partial charge >= 0.3 is 0 Å². The summed E-state index contributed by atoms with van der Waals surface area (Å²) in [7, 11) is 0. The molecule has 2 N–H and O–H groups in total. The molecule has 0 saturated heterocycles. The second-order valence-electron chi connectivity index (χ2n) is 5.49. The summed E-state index contributed by atoms with van der Waals surface area (Å²) in [5.41, 5.74) is 1.01. The first kappa shape index (κ1) is 13.8. The minimum atomic E-state index is 0.280. The molecular weight excluding hydrogens is 316 g/mol. The van der Waals surface area contributed by atoms with Crippen molar-refractivity contribution in [1.82, 2.24) is 4.98 Å². The fourth-order valence-electron chi connectivity index (χ4n) is 3.10. The standard InChI is InChI=1S/C16H19BrN2O/c17-13-5-6-15-12(10-13)4-7-16(19-15)18-14-3-1-2-11(14)8-9-20/h4-7,10-11,14,20H,1-3,8-9H2,(H,18,19). The fourth-order valence-corrected chi connectivity index (χ4v) is 3.48. The third kappa shape index (κ3) is 2.96. The molecule has 4 heteroatoms. The molecule has 1 aromatic carbocycles. The van der Waals surface area contributed by atoms with Crippen LogP contribution in [0.3, 0.4) is 0 Å². The highest BCUT2D eigenvalue weighted by atomic mass is 79.9. The van der Waals surface area contributed by atoms with Crippen molar-refractivity contribution in [2.75, 3.05) is 11.9 Å². The van der Waals surface area contributed by atoms with Gasteiger partial charge in [0.15, 0.2) is 0 Å². The lowest BCUT2D eigenvalue weighted by Gasteiger charge is -2.21. The molecule has 0 amide bonds. The zero-order chi connectivity index (χ0) is 13.9. The van der Waals surface area contributed by atoms with Gasteiger partial charge in [-0.2, -0.15) is 0 Å². The summed E-state index contributed by atoms with van der Waals surface area (Å²) in [6.45, 7) is 0.280. The number of nitrogens with one attached hydrogen (secondary N) is 1. The van der Waals surface area contributed by atoms with Gasteiger partial charge in [-0.3, -0.25) is 0 Å². The number of hydrogen-bond acceptors (Lipinski definition) is 3. The lowest BCUT2D eigenvalue weighted by Crippen LogP contribution is -2.25. The molecule has 1 saturated carbocycles. The van der Waals surface area contributed by atoms with E-state index >= 15 is 0 Å². The molecule has 1 heterocycles. The average Bonchev–Trinajstić information content (AvgIpc) is 2.87. The highest BCUT2D eigenvalue weighted by Gasteiger charge is 2.26. The second kappa shape index (κ2) is 6.10. The summed E-state index contributed by atoms with van der Waals surface area (Å²) >= 11 is 3.48. The summed E-state index contributed by atoms with van der Waals surface area (Å²) in [5.74, 6) is 1.51. The lowest BCUT2D eigenvalue weighted by molar-refractivity contribution is 0.254. The van der Waals surface area contributed by atoms with Gasteiger partial charge in [0.2, 0.25) is 0 Å². The summed E-state index contributed by atoms with van der Waals surface area (Å²) < 4.78 is 1.08. The number of aromatic nitrogens is 1. The van der Waals surface area contributed by atoms with Crippen molar-refractivity contribution in [3.8, 4) is 0 Å². The SMILES string of the molecule is OCCC1CCCC1Nc1ccc2cc(Br)ccc2n1. The number of hydrogen-bond donors (Lipinski definition) is 2. The van der Waals surface area contributed by atoms with Crippen molar-refractivity contribution < 1.29 is 5.11 Å². The number of aliphatic hydroxyl groups excluding tert-OH is 1. The molecule has 1 aliphatic rings. The predicted molar refractivity (Wildman–Crippen MR) is 85.9 cm³/mol. The zero-order valence-electron chi connectivity index (χ0n) is 11.3. The molecule has 0 bridgehead atoms. The predicted octanol–water partition coefficient (Wildman–Crippen LogP) is 3.96. The molecule has 1 aliphatic carbocycles. The highest BCUT2D eigenvalue weighted by molar-refractivity contribution is 9.10. The second-order valence-corrected chi connectivity index (χ2v) is 6.40. The largest absolute Gasteiger partial charge is 0.396 e. The topological polar surface area (TPSA) is 45.1 Å². The van der Waals surface area contributed by atoms with Crippen LogP contribution in [0.4, 0.5) is 5.82 Å². The van der Waals surface area contributed by atoms with Gasteiger partial charge in [0.25, 0.3) is 0 Å². The Morgan fingerprint density at radius 1 is 1.25 bits per heavy atom. The highest BCUT2D eigenvalue weighted by Crippen LogP contribution is 2.31. The number of halogens is 1. The maximum atomic E-state index is 9.13. The van der Waals surface area contributed by atoms with Crippen molar-refractivity contribution in [3.63, 3.8) is 0 Å². The Balaban J connectivity index is 1.78. The van der Waals surface area contributed by atoms with Crippen molar-refractivity contribution >= 4 is 32.7 Å². The number of fused-ring (bicyclic) bond motifs is 1. The van der Waals surface area contributed by atoms with E-state index in [0.717, 1.165) is 27.6 Å². The Morgan fingerprint density at radius 2 is 2.15 bits per heavy atom. The van der Waals surface area contributed by atoms with Crippen LogP contribution in [0.1, 0.15) is 25.7 Å². The maximum Gasteiger partial charge on any atom is 0.126 e. The minimum Gasteiger partial charge on any atom is -0.396 e. The van der Waals surface area contributed by atoms with Gasteiger partial charge in [0.1, 0.15) is 5.82 Å². The van der Waals surface area contributed by atoms with Gasteiger partial charge in [-0.05, 0) is 55.5 Å². The van der Waals surface area contributed by atoms with Crippen molar-refractivity contribution in [3.05, 3.63) is 34.8 Å². The number of pyridine rings is 1. The van der Waals surface area contributed by atoms with Crippen LogP contribution in [-0.4, -0.2) is 22.7 Å². The molecule has 2 atom stereocenters. The summed E-state index contributed by atoms with van der Waals surface area (Å²) in [6.07, 6.45) is 4.50. The van der Waals surface area contributed by atoms with Gasteiger partial charge in [0, 0.05) is 22.5 Å². The molecular formula is C16H19BrN2O. The molecule has 1 aromatic heterocycles. The first-order valence-electron chi connectivity index (χ1n) is 7.20. The van der Waals surface area contributed by atoms with Gasteiger partial charge < -0.3 is 10.4 Å². The number of anilines is 1. The molecule has 2 aromatic rings. The Hall–Kier alpha value is -1.13. The number of rotatable bonds is 4. The van der Waals surface area contributed by atoms with Crippen LogP contribution in [0.25, 0.3) is 10.9 Å². The van der Waals surface area contributed by atoms with Crippen LogP contribution in [0.15, 0.2) is 34.8 Å². The van der Waals surface area contributed by atoms with E-state index in [1.807, 2.05) is 18.2 Å².